The maximum absolute atomic E-state index is 15.1. The van der Waals surface area contributed by atoms with E-state index in [0.717, 1.165) is 12.1 Å². The van der Waals surface area contributed by atoms with Gasteiger partial charge in [0.15, 0.2) is 11.6 Å². The minimum absolute atomic E-state index is 0.0728. The van der Waals surface area contributed by atoms with Gasteiger partial charge < -0.3 is 9.47 Å². The van der Waals surface area contributed by atoms with Crippen LogP contribution in [0.1, 0.15) is 49.9 Å². The van der Waals surface area contributed by atoms with Gasteiger partial charge in [-0.1, -0.05) is 30.0 Å². The highest BCUT2D eigenvalue weighted by Gasteiger charge is 2.48. The fourth-order valence-corrected chi connectivity index (χ4v) is 4.22. The Balaban J connectivity index is 1.69. The first-order valence-corrected chi connectivity index (χ1v) is 11.4. The molecular formula is C28H25F2N3O3. The van der Waals surface area contributed by atoms with Gasteiger partial charge in [0.2, 0.25) is 5.91 Å². The van der Waals surface area contributed by atoms with Crippen molar-refractivity contribution < 1.29 is 18.4 Å². The zero-order chi connectivity index (χ0) is 26.2. The molecule has 1 saturated heterocycles. The zero-order valence-corrected chi connectivity index (χ0v) is 20.4. The predicted octanol–water partition coefficient (Wildman–Crippen LogP) is 4.81. The Morgan fingerprint density at radius 1 is 0.917 bits per heavy atom. The summed E-state index contributed by atoms with van der Waals surface area (Å²) in [6.07, 6.45) is 1.38. The van der Waals surface area contributed by atoms with Gasteiger partial charge in [0.25, 0.3) is 5.56 Å². The van der Waals surface area contributed by atoms with Crippen LogP contribution in [0.3, 0.4) is 0 Å². The van der Waals surface area contributed by atoms with E-state index in [1.165, 1.54) is 22.6 Å². The standard InChI is InChI=1S/C28H25F2N3O3/c1-18(2)32-17-21(12-13-24(32)34)28(3)16-25(35)33(27(36)31(28)4)26-22(29)14-20(15-23(26)30)11-10-19-8-6-5-7-9-19/h5-9,12-15,17-18H,16H2,1-4H3/t28-/m0/s1. The molecule has 6 nitrogen and oxygen atoms in total. The second-order valence-corrected chi connectivity index (χ2v) is 9.18. The van der Waals surface area contributed by atoms with Crippen LogP contribution in [0, 0.1) is 23.5 Å². The van der Waals surface area contributed by atoms with Crippen LogP contribution >= 0.6 is 0 Å². The van der Waals surface area contributed by atoms with Crippen LogP contribution in [-0.2, 0) is 10.3 Å². The van der Waals surface area contributed by atoms with Gasteiger partial charge >= 0.3 is 6.03 Å². The number of imide groups is 1. The van der Waals surface area contributed by atoms with Crippen LogP contribution in [0.5, 0.6) is 0 Å². The molecule has 1 fully saturated rings. The molecule has 0 saturated carbocycles. The van der Waals surface area contributed by atoms with E-state index < -0.39 is 34.8 Å². The van der Waals surface area contributed by atoms with Crippen molar-refractivity contribution in [2.75, 3.05) is 11.9 Å². The highest BCUT2D eigenvalue weighted by atomic mass is 19.1. The van der Waals surface area contributed by atoms with Gasteiger partial charge in [0.05, 0.1) is 12.0 Å². The molecule has 0 unspecified atom stereocenters. The van der Waals surface area contributed by atoms with E-state index in [1.54, 1.807) is 43.5 Å². The summed E-state index contributed by atoms with van der Waals surface area (Å²) in [5, 5.41) is 0. The van der Waals surface area contributed by atoms with Crippen LogP contribution in [0.2, 0.25) is 0 Å². The zero-order valence-electron chi connectivity index (χ0n) is 20.4. The summed E-state index contributed by atoms with van der Waals surface area (Å²) in [7, 11) is 1.46. The molecule has 0 aliphatic carbocycles. The normalized spacial score (nSPS) is 17.9. The Kier molecular flexibility index (Phi) is 6.51. The fraction of sp³-hybridized carbons (Fsp3) is 0.250. The number of halogens is 2. The lowest BCUT2D eigenvalue weighted by Crippen LogP contribution is -2.60. The van der Waals surface area contributed by atoms with Crippen molar-refractivity contribution in [3.8, 4) is 11.8 Å². The molecule has 4 rings (SSSR count). The molecule has 1 aliphatic heterocycles. The summed E-state index contributed by atoms with van der Waals surface area (Å²) in [5.74, 6) is 2.62. The lowest BCUT2D eigenvalue weighted by molar-refractivity contribution is -0.122. The number of nitrogens with zero attached hydrogens (tertiary/aromatic N) is 3. The third-order valence-corrected chi connectivity index (χ3v) is 6.45. The quantitative estimate of drug-likeness (QED) is 0.496. The van der Waals surface area contributed by atoms with E-state index >= 15 is 8.78 Å². The monoisotopic (exact) mass is 489 g/mol. The number of aromatic nitrogens is 1. The Morgan fingerprint density at radius 2 is 1.53 bits per heavy atom. The number of carbonyl (C=O) groups is 2. The number of benzene rings is 2. The molecule has 3 amide bonds. The molecule has 2 heterocycles. The summed E-state index contributed by atoms with van der Waals surface area (Å²) in [6, 6.07) is 12.9. The van der Waals surface area contributed by atoms with Crippen LogP contribution in [0.15, 0.2) is 65.6 Å². The lowest BCUT2D eigenvalue weighted by Gasteiger charge is -2.45. The molecule has 0 spiro atoms. The van der Waals surface area contributed by atoms with Gasteiger partial charge in [0, 0.05) is 36.5 Å². The Labute approximate surface area is 207 Å². The van der Waals surface area contributed by atoms with Crippen LogP contribution < -0.4 is 10.5 Å². The van der Waals surface area contributed by atoms with Gasteiger partial charge in [0.1, 0.15) is 5.69 Å². The van der Waals surface area contributed by atoms with Crippen LogP contribution in [-0.4, -0.2) is 28.5 Å². The van der Waals surface area contributed by atoms with Crippen molar-refractivity contribution in [3.63, 3.8) is 0 Å². The third kappa shape index (κ3) is 4.40. The Hall–Kier alpha value is -4.25. The summed E-state index contributed by atoms with van der Waals surface area (Å²) in [6.45, 7) is 5.37. The average molecular weight is 490 g/mol. The molecule has 1 aromatic heterocycles. The molecule has 1 aliphatic rings. The van der Waals surface area contributed by atoms with E-state index in [-0.39, 0.29) is 23.6 Å². The van der Waals surface area contributed by atoms with E-state index in [0.29, 0.717) is 16.0 Å². The smallest absolute Gasteiger partial charge is 0.317 e. The number of carbonyl (C=O) groups excluding carboxylic acids is 2. The predicted molar refractivity (Wildman–Crippen MR) is 132 cm³/mol. The topological polar surface area (TPSA) is 62.6 Å². The van der Waals surface area contributed by atoms with E-state index in [2.05, 4.69) is 11.8 Å². The Morgan fingerprint density at radius 3 is 2.14 bits per heavy atom. The summed E-state index contributed by atoms with van der Waals surface area (Å²) in [5.41, 5.74) is -0.765. The number of pyridine rings is 1. The highest BCUT2D eigenvalue weighted by Crippen LogP contribution is 2.39. The minimum atomic E-state index is -1.12. The van der Waals surface area contributed by atoms with Crippen molar-refractivity contribution in [2.24, 2.45) is 0 Å². The molecular weight excluding hydrogens is 464 g/mol. The highest BCUT2D eigenvalue weighted by molar-refractivity contribution is 6.16. The van der Waals surface area contributed by atoms with E-state index in [1.807, 2.05) is 19.9 Å². The summed E-state index contributed by atoms with van der Waals surface area (Å²) < 4.78 is 31.7. The number of hydrogen-bond donors (Lipinski definition) is 0. The maximum Gasteiger partial charge on any atom is 0.332 e. The van der Waals surface area contributed by atoms with Crippen LogP contribution in [0.25, 0.3) is 0 Å². The first-order chi connectivity index (χ1) is 17.0. The largest absolute Gasteiger partial charge is 0.332 e. The van der Waals surface area contributed by atoms with Gasteiger partial charge in [-0.3, -0.25) is 9.59 Å². The lowest BCUT2D eigenvalue weighted by atomic mass is 9.85. The number of urea groups is 1. The second kappa shape index (κ2) is 9.42. The second-order valence-electron chi connectivity index (χ2n) is 9.18. The number of amides is 3. The van der Waals surface area contributed by atoms with Gasteiger partial charge in [-0.25, -0.2) is 18.5 Å². The van der Waals surface area contributed by atoms with E-state index in [9.17, 15) is 14.4 Å². The number of hydrogen-bond acceptors (Lipinski definition) is 3. The van der Waals surface area contributed by atoms with Gasteiger partial charge in [-0.15, -0.1) is 0 Å². The van der Waals surface area contributed by atoms with E-state index in [4.69, 9.17) is 0 Å². The first kappa shape index (κ1) is 24.9. The van der Waals surface area contributed by atoms with Crippen molar-refractivity contribution in [1.82, 2.24) is 9.47 Å². The molecule has 184 valence electrons. The molecule has 0 bridgehead atoms. The molecule has 2 aromatic carbocycles. The molecule has 0 radical (unpaired) electrons. The van der Waals surface area contributed by atoms with Crippen molar-refractivity contribution >= 4 is 17.6 Å². The third-order valence-electron chi connectivity index (χ3n) is 6.45. The molecule has 1 atom stereocenters. The SMILES string of the molecule is CC(C)n1cc([C@]2(C)CC(=O)N(c3c(F)cc(C#Cc4ccccc4)cc3F)C(=O)N2C)ccc1=O. The summed E-state index contributed by atoms with van der Waals surface area (Å²) >= 11 is 0. The number of rotatable bonds is 3. The average Bonchev–Trinajstić information content (AvgIpc) is 2.83. The fourth-order valence-electron chi connectivity index (χ4n) is 4.22. The van der Waals surface area contributed by atoms with Crippen molar-refractivity contribution in [1.29, 1.82) is 0 Å². The van der Waals surface area contributed by atoms with Crippen molar-refractivity contribution in [3.05, 3.63) is 99.5 Å². The molecule has 8 heteroatoms. The van der Waals surface area contributed by atoms with Gasteiger partial charge in [-0.05, 0) is 56.7 Å². The summed E-state index contributed by atoms with van der Waals surface area (Å²) in [4.78, 5) is 40.5. The number of anilines is 1. The molecule has 3 aromatic rings. The minimum Gasteiger partial charge on any atom is -0.317 e. The molecule has 36 heavy (non-hydrogen) atoms. The Bertz CT molecular complexity index is 1450. The maximum atomic E-state index is 15.1. The van der Waals surface area contributed by atoms with Crippen LogP contribution in [0.4, 0.5) is 19.3 Å². The van der Waals surface area contributed by atoms with Gasteiger partial charge in [-0.2, -0.15) is 0 Å². The van der Waals surface area contributed by atoms with Crippen molar-refractivity contribution in [2.45, 2.75) is 38.8 Å². The molecule has 0 N–H and O–H groups in total. The first-order valence-electron chi connectivity index (χ1n) is 11.4.